The Morgan fingerprint density at radius 2 is 1.97 bits per heavy atom. The van der Waals surface area contributed by atoms with Crippen LogP contribution in [0, 0.1) is 17.7 Å². The fourth-order valence-electron chi connectivity index (χ4n) is 2.86. The number of hydrogen-bond acceptors (Lipinski definition) is 5. The molecule has 1 aromatic carbocycles. The summed E-state index contributed by atoms with van der Waals surface area (Å²) in [7, 11) is 0. The van der Waals surface area contributed by atoms with Crippen molar-refractivity contribution in [3.8, 4) is 17.6 Å². The molecule has 0 spiro atoms. The number of fused-ring (bicyclic) bond motifs is 1. The van der Waals surface area contributed by atoms with E-state index in [0.717, 1.165) is 11.1 Å². The van der Waals surface area contributed by atoms with Crippen LogP contribution in [0.1, 0.15) is 41.2 Å². The van der Waals surface area contributed by atoms with E-state index in [9.17, 15) is 14.3 Å². The molecule has 148 valence electrons. The Morgan fingerprint density at radius 3 is 2.62 bits per heavy atom. The highest BCUT2D eigenvalue weighted by atomic mass is 19.1. The zero-order chi connectivity index (χ0) is 21.0. The summed E-state index contributed by atoms with van der Waals surface area (Å²) >= 11 is 0. The second-order valence-corrected chi connectivity index (χ2v) is 6.79. The lowest BCUT2D eigenvalue weighted by atomic mass is 10.0. The van der Waals surface area contributed by atoms with Crippen LogP contribution in [0.5, 0.6) is 5.75 Å². The minimum atomic E-state index is -0.538. The molecule has 0 atom stereocenters. The van der Waals surface area contributed by atoms with Gasteiger partial charge in [0, 0.05) is 17.6 Å². The molecule has 3 rings (SSSR count). The molecule has 0 bridgehead atoms. The predicted octanol–water partition coefficient (Wildman–Crippen LogP) is 2.55. The van der Waals surface area contributed by atoms with Crippen LogP contribution >= 0.6 is 0 Å². The summed E-state index contributed by atoms with van der Waals surface area (Å²) < 4.78 is 13.1. The quantitative estimate of drug-likeness (QED) is 0.592. The number of nitrogens with zero attached hydrogens (tertiary/aromatic N) is 2. The van der Waals surface area contributed by atoms with Crippen molar-refractivity contribution in [1.82, 2.24) is 15.3 Å². The average molecular weight is 393 g/mol. The van der Waals surface area contributed by atoms with Gasteiger partial charge in [0.2, 0.25) is 0 Å². The van der Waals surface area contributed by atoms with E-state index in [1.807, 2.05) is 0 Å². The van der Waals surface area contributed by atoms with Crippen molar-refractivity contribution in [3.05, 3.63) is 64.9 Å². The Balaban J connectivity index is 2.10. The van der Waals surface area contributed by atoms with Crippen LogP contribution in [0.4, 0.5) is 4.39 Å². The summed E-state index contributed by atoms with van der Waals surface area (Å²) in [6.45, 7) is 3.21. The number of halogens is 1. The molecular weight excluding hydrogens is 373 g/mol. The number of carbonyl (C=O) groups excluding carboxylic acids is 1. The van der Waals surface area contributed by atoms with Crippen LogP contribution < -0.4 is 5.32 Å². The summed E-state index contributed by atoms with van der Waals surface area (Å²) in [6, 6.07) is 7.76. The Bertz CT molecular complexity index is 1120. The number of aliphatic hydroxyl groups is 1. The molecule has 0 aliphatic rings. The smallest absolute Gasteiger partial charge is 0.274 e. The van der Waals surface area contributed by atoms with E-state index in [2.05, 4.69) is 27.1 Å². The first kappa shape index (κ1) is 20.2. The number of rotatable bonds is 4. The highest BCUT2D eigenvalue weighted by Crippen LogP contribution is 2.29. The molecule has 7 heteroatoms. The van der Waals surface area contributed by atoms with E-state index in [0.29, 0.717) is 11.8 Å². The van der Waals surface area contributed by atoms with Crippen molar-refractivity contribution in [2.45, 2.75) is 26.3 Å². The van der Waals surface area contributed by atoms with Crippen molar-refractivity contribution in [3.63, 3.8) is 0 Å². The Hall–Kier alpha value is -3.50. The minimum Gasteiger partial charge on any atom is -0.504 e. The Kier molecular flexibility index (Phi) is 6.05. The molecule has 2 aromatic heterocycles. The Labute approximate surface area is 167 Å². The zero-order valence-corrected chi connectivity index (χ0v) is 16.0. The maximum absolute atomic E-state index is 13.1. The molecule has 0 radical (unpaired) electrons. The summed E-state index contributed by atoms with van der Waals surface area (Å²) in [5.74, 6) is 4.06. The standard InChI is InChI=1S/C22H20FN3O3/c1-13(2)25-22(29)20-21(28)19-17(18(26-20)4-3-9-27)11-15(12-24-19)10-14-5-7-16(23)8-6-14/h5-8,11-13,27-28H,9-10H2,1-2H3,(H,25,29). The first-order chi connectivity index (χ1) is 13.9. The number of hydrogen-bond donors (Lipinski definition) is 3. The van der Waals surface area contributed by atoms with Crippen LogP contribution in [-0.2, 0) is 6.42 Å². The maximum Gasteiger partial charge on any atom is 0.274 e. The lowest BCUT2D eigenvalue weighted by molar-refractivity contribution is 0.0935. The summed E-state index contributed by atoms with van der Waals surface area (Å²) in [5.41, 5.74) is 1.94. The van der Waals surface area contributed by atoms with Gasteiger partial charge in [-0.05, 0) is 55.5 Å². The molecule has 1 amide bonds. The highest BCUT2D eigenvalue weighted by molar-refractivity contribution is 6.02. The molecule has 3 aromatic rings. The van der Waals surface area contributed by atoms with Gasteiger partial charge in [0.1, 0.15) is 23.6 Å². The number of aliphatic hydroxyl groups excluding tert-OH is 1. The number of aromatic hydroxyl groups is 1. The third kappa shape index (κ3) is 4.68. The lowest BCUT2D eigenvalue weighted by Crippen LogP contribution is -2.31. The van der Waals surface area contributed by atoms with Gasteiger partial charge in [-0.1, -0.05) is 18.1 Å². The molecule has 3 N–H and O–H groups in total. The van der Waals surface area contributed by atoms with Crippen molar-refractivity contribution >= 4 is 16.8 Å². The Morgan fingerprint density at radius 1 is 1.24 bits per heavy atom. The van der Waals surface area contributed by atoms with Gasteiger partial charge in [-0.25, -0.2) is 9.37 Å². The minimum absolute atomic E-state index is 0.141. The van der Waals surface area contributed by atoms with Gasteiger partial charge >= 0.3 is 0 Å². The number of amides is 1. The van der Waals surface area contributed by atoms with Gasteiger partial charge in [-0.15, -0.1) is 0 Å². The first-order valence-electron chi connectivity index (χ1n) is 9.05. The predicted molar refractivity (Wildman–Crippen MR) is 107 cm³/mol. The first-order valence-corrected chi connectivity index (χ1v) is 9.05. The molecule has 0 fully saturated rings. The molecule has 0 saturated carbocycles. The SMILES string of the molecule is CC(C)NC(=O)c1nc(C#CCO)c2cc(Cc3ccc(F)cc3)cnc2c1O. The fourth-order valence-corrected chi connectivity index (χ4v) is 2.86. The number of nitrogens with one attached hydrogen (secondary N) is 1. The molecule has 0 aliphatic carbocycles. The topological polar surface area (TPSA) is 95.3 Å². The maximum atomic E-state index is 13.1. The highest BCUT2D eigenvalue weighted by Gasteiger charge is 2.20. The fraction of sp³-hybridized carbons (Fsp3) is 0.227. The monoisotopic (exact) mass is 393 g/mol. The molecular formula is C22H20FN3O3. The van der Waals surface area contributed by atoms with Crippen molar-refractivity contribution in [2.75, 3.05) is 6.61 Å². The van der Waals surface area contributed by atoms with Crippen molar-refractivity contribution < 1.29 is 19.4 Å². The van der Waals surface area contributed by atoms with E-state index in [-0.39, 0.29) is 41.1 Å². The van der Waals surface area contributed by atoms with Gasteiger partial charge in [0.25, 0.3) is 5.91 Å². The average Bonchev–Trinajstić information content (AvgIpc) is 2.68. The largest absolute Gasteiger partial charge is 0.504 e. The van der Waals surface area contributed by atoms with Crippen LogP contribution in [0.2, 0.25) is 0 Å². The van der Waals surface area contributed by atoms with E-state index in [1.54, 1.807) is 38.2 Å². The van der Waals surface area contributed by atoms with Gasteiger partial charge in [-0.3, -0.25) is 9.78 Å². The summed E-state index contributed by atoms with van der Waals surface area (Å²) in [6.07, 6.45) is 2.07. The normalized spacial score (nSPS) is 10.7. The number of pyridine rings is 2. The summed E-state index contributed by atoms with van der Waals surface area (Å²) in [4.78, 5) is 20.9. The van der Waals surface area contributed by atoms with Crippen molar-refractivity contribution in [2.24, 2.45) is 0 Å². The zero-order valence-electron chi connectivity index (χ0n) is 16.0. The molecule has 6 nitrogen and oxygen atoms in total. The van der Waals surface area contributed by atoms with E-state index in [1.165, 1.54) is 12.1 Å². The number of benzene rings is 1. The van der Waals surface area contributed by atoms with Gasteiger partial charge in [0.15, 0.2) is 11.4 Å². The van der Waals surface area contributed by atoms with E-state index < -0.39 is 5.91 Å². The second kappa shape index (κ2) is 8.67. The van der Waals surface area contributed by atoms with Gasteiger partial charge in [-0.2, -0.15) is 0 Å². The lowest BCUT2D eigenvalue weighted by Gasteiger charge is -2.12. The number of carbonyl (C=O) groups is 1. The van der Waals surface area contributed by atoms with Crippen LogP contribution in [0.25, 0.3) is 10.9 Å². The number of aromatic nitrogens is 2. The third-order valence-corrected chi connectivity index (χ3v) is 4.11. The van der Waals surface area contributed by atoms with Gasteiger partial charge in [0.05, 0.1) is 0 Å². The van der Waals surface area contributed by atoms with Crippen LogP contribution in [0.15, 0.2) is 36.5 Å². The van der Waals surface area contributed by atoms with Crippen molar-refractivity contribution in [1.29, 1.82) is 0 Å². The third-order valence-electron chi connectivity index (χ3n) is 4.11. The summed E-state index contributed by atoms with van der Waals surface area (Å²) in [5, 5.41) is 22.8. The van der Waals surface area contributed by atoms with E-state index in [4.69, 9.17) is 5.11 Å². The molecule has 0 aliphatic heterocycles. The van der Waals surface area contributed by atoms with Gasteiger partial charge < -0.3 is 15.5 Å². The van der Waals surface area contributed by atoms with E-state index >= 15 is 0 Å². The molecule has 2 heterocycles. The second-order valence-electron chi connectivity index (χ2n) is 6.79. The van der Waals surface area contributed by atoms with Crippen LogP contribution in [-0.4, -0.2) is 38.7 Å². The van der Waals surface area contributed by atoms with Crippen LogP contribution in [0.3, 0.4) is 0 Å². The molecule has 0 saturated heterocycles. The molecule has 0 unspecified atom stereocenters. The molecule has 29 heavy (non-hydrogen) atoms.